The van der Waals surface area contributed by atoms with Gasteiger partial charge in [0, 0.05) is 19.1 Å². The summed E-state index contributed by atoms with van der Waals surface area (Å²) in [5, 5.41) is 10.3. The van der Waals surface area contributed by atoms with Gasteiger partial charge < -0.3 is 14.9 Å². The molecule has 0 aromatic heterocycles. The van der Waals surface area contributed by atoms with Crippen LogP contribution in [0.15, 0.2) is 24.3 Å². The van der Waals surface area contributed by atoms with E-state index in [1.165, 1.54) is 24.9 Å². The number of aliphatic hydroxyl groups is 1. The Labute approximate surface area is 123 Å². The quantitative estimate of drug-likeness (QED) is 0.864. The van der Waals surface area contributed by atoms with E-state index in [0.29, 0.717) is 6.04 Å². The van der Waals surface area contributed by atoms with E-state index in [9.17, 15) is 5.11 Å². The van der Waals surface area contributed by atoms with Gasteiger partial charge in [-0.25, -0.2) is 0 Å². The summed E-state index contributed by atoms with van der Waals surface area (Å²) < 4.78 is 0. The summed E-state index contributed by atoms with van der Waals surface area (Å²) in [6.45, 7) is 5.34. The van der Waals surface area contributed by atoms with Crippen molar-refractivity contribution in [3.63, 3.8) is 0 Å². The van der Waals surface area contributed by atoms with E-state index in [0.717, 1.165) is 25.1 Å². The highest BCUT2D eigenvalue weighted by Gasteiger charge is 2.22. The lowest BCUT2D eigenvalue weighted by Gasteiger charge is -2.26. The molecule has 1 aromatic carbocycles. The molecule has 1 saturated heterocycles. The Morgan fingerprint density at radius 2 is 2.15 bits per heavy atom. The molecule has 20 heavy (non-hydrogen) atoms. The Bertz CT molecular complexity index is 421. The minimum atomic E-state index is -0.347. The van der Waals surface area contributed by atoms with E-state index in [1.54, 1.807) is 0 Å². The third-order valence-corrected chi connectivity index (χ3v) is 4.53. The van der Waals surface area contributed by atoms with E-state index in [2.05, 4.69) is 36.9 Å². The fourth-order valence-electron chi connectivity index (χ4n) is 3.12. The first-order valence-electron chi connectivity index (χ1n) is 7.70. The maximum atomic E-state index is 10.3. The van der Waals surface area contributed by atoms with Crippen molar-refractivity contribution >= 4 is 0 Å². The molecular formula is C17H28N2O. The van der Waals surface area contributed by atoms with Gasteiger partial charge >= 0.3 is 0 Å². The van der Waals surface area contributed by atoms with Crippen molar-refractivity contribution in [1.29, 1.82) is 0 Å². The zero-order valence-electron chi connectivity index (χ0n) is 13.0. The van der Waals surface area contributed by atoms with Crippen LogP contribution in [0.25, 0.3) is 0 Å². The fraction of sp³-hybridized carbons (Fsp3) is 0.647. The predicted molar refractivity (Wildman–Crippen MR) is 83.9 cm³/mol. The molecule has 2 rings (SSSR count). The highest BCUT2D eigenvalue weighted by molar-refractivity contribution is 5.27. The van der Waals surface area contributed by atoms with Gasteiger partial charge in [-0.05, 0) is 58.0 Å². The van der Waals surface area contributed by atoms with Gasteiger partial charge in [0.1, 0.15) is 0 Å². The van der Waals surface area contributed by atoms with Crippen molar-refractivity contribution in [2.75, 3.05) is 33.7 Å². The molecule has 0 amide bonds. The summed E-state index contributed by atoms with van der Waals surface area (Å²) in [7, 11) is 4.38. The molecule has 3 heteroatoms. The topological polar surface area (TPSA) is 26.7 Å². The maximum Gasteiger partial charge on any atom is 0.0804 e. The number of aliphatic hydroxyl groups excluding tert-OH is 1. The second-order valence-corrected chi connectivity index (χ2v) is 6.20. The predicted octanol–water partition coefficient (Wildman–Crippen LogP) is 2.44. The summed E-state index contributed by atoms with van der Waals surface area (Å²) in [5.41, 5.74) is 2.25. The SMILES string of the molecule is Cc1ccccc1C(O)CCN(C)CC1CCCN1C. The van der Waals surface area contributed by atoms with Gasteiger partial charge in [0.25, 0.3) is 0 Å². The van der Waals surface area contributed by atoms with Crippen LogP contribution in [0.2, 0.25) is 0 Å². The highest BCUT2D eigenvalue weighted by atomic mass is 16.3. The monoisotopic (exact) mass is 276 g/mol. The molecule has 1 heterocycles. The average molecular weight is 276 g/mol. The van der Waals surface area contributed by atoms with Gasteiger partial charge in [-0.15, -0.1) is 0 Å². The fourth-order valence-corrected chi connectivity index (χ4v) is 3.12. The molecule has 3 nitrogen and oxygen atoms in total. The van der Waals surface area contributed by atoms with Crippen LogP contribution in [0.1, 0.15) is 36.5 Å². The number of benzene rings is 1. The summed E-state index contributed by atoms with van der Waals surface area (Å²) in [5.74, 6) is 0. The minimum Gasteiger partial charge on any atom is -0.388 e. The van der Waals surface area contributed by atoms with Crippen LogP contribution in [-0.2, 0) is 0 Å². The molecule has 0 spiro atoms. The van der Waals surface area contributed by atoms with Crippen molar-refractivity contribution in [3.8, 4) is 0 Å². The highest BCUT2D eigenvalue weighted by Crippen LogP contribution is 2.21. The third-order valence-electron chi connectivity index (χ3n) is 4.53. The van der Waals surface area contributed by atoms with Crippen molar-refractivity contribution in [2.24, 2.45) is 0 Å². The molecule has 0 radical (unpaired) electrons. The molecular weight excluding hydrogens is 248 g/mol. The van der Waals surface area contributed by atoms with E-state index < -0.39 is 0 Å². The zero-order chi connectivity index (χ0) is 14.5. The number of likely N-dealkylation sites (N-methyl/N-ethyl adjacent to an activating group) is 2. The van der Waals surface area contributed by atoms with Crippen LogP contribution in [0, 0.1) is 6.92 Å². The van der Waals surface area contributed by atoms with Crippen molar-refractivity contribution in [1.82, 2.24) is 9.80 Å². The van der Waals surface area contributed by atoms with E-state index in [-0.39, 0.29) is 6.10 Å². The standard InChI is InChI=1S/C17H28N2O/c1-14-7-4-5-9-16(14)17(20)10-12-18(2)13-15-8-6-11-19(15)3/h4-5,7,9,15,17,20H,6,8,10-13H2,1-3H3. The molecule has 0 aliphatic carbocycles. The lowest BCUT2D eigenvalue weighted by Crippen LogP contribution is -2.37. The van der Waals surface area contributed by atoms with Crippen LogP contribution in [0.3, 0.4) is 0 Å². The number of hydrogen-bond acceptors (Lipinski definition) is 3. The van der Waals surface area contributed by atoms with Crippen LogP contribution < -0.4 is 0 Å². The number of hydrogen-bond donors (Lipinski definition) is 1. The molecule has 1 aromatic rings. The summed E-state index contributed by atoms with van der Waals surface area (Å²) in [6, 6.07) is 8.81. The van der Waals surface area contributed by atoms with Crippen LogP contribution >= 0.6 is 0 Å². The number of likely N-dealkylation sites (tertiary alicyclic amines) is 1. The Hall–Kier alpha value is -0.900. The number of aryl methyl sites for hydroxylation is 1. The molecule has 2 atom stereocenters. The Morgan fingerprint density at radius 3 is 2.80 bits per heavy atom. The number of rotatable bonds is 6. The third kappa shape index (κ3) is 4.05. The van der Waals surface area contributed by atoms with Gasteiger partial charge in [0.2, 0.25) is 0 Å². The van der Waals surface area contributed by atoms with Gasteiger partial charge in [-0.1, -0.05) is 24.3 Å². The van der Waals surface area contributed by atoms with Crippen LogP contribution in [-0.4, -0.2) is 54.7 Å². The zero-order valence-corrected chi connectivity index (χ0v) is 13.0. The molecule has 2 unspecified atom stereocenters. The average Bonchev–Trinajstić information content (AvgIpc) is 2.82. The number of nitrogens with zero attached hydrogens (tertiary/aromatic N) is 2. The smallest absolute Gasteiger partial charge is 0.0804 e. The van der Waals surface area contributed by atoms with Gasteiger partial charge in [-0.3, -0.25) is 0 Å². The van der Waals surface area contributed by atoms with Gasteiger partial charge in [-0.2, -0.15) is 0 Å². The second-order valence-electron chi connectivity index (χ2n) is 6.20. The maximum absolute atomic E-state index is 10.3. The molecule has 1 N–H and O–H groups in total. The normalized spacial score (nSPS) is 21.6. The van der Waals surface area contributed by atoms with E-state index in [4.69, 9.17) is 0 Å². The molecule has 1 fully saturated rings. The van der Waals surface area contributed by atoms with Crippen LogP contribution in [0.4, 0.5) is 0 Å². The summed E-state index contributed by atoms with van der Waals surface area (Å²) in [6.07, 6.45) is 3.08. The summed E-state index contributed by atoms with van der Waals surface area (Å²) >= 11 is 0. The largest absolute Gasteiger partial charge is 0.388 e. The molecule has 0 saturated carbocycles. The first-order chi connectivity index (χ1) is 9.58. The summed E-state index contributed by atoms with van der Waals surface area (Å²) in [4.78, 5) is 4.81. The molecule has 1 aliphatic rings. The lowest BCUT2D eigenvalue weighted by molar-refractivity contribution is 0.139. The van der Waals surface area contributed by atoms with E-state index in [1.807, 2.05) is 18.2 Å². The van der Waals surface area contributed by atoms with Gasteiger partial charge in [0.05, 0.1) is 6.10 Å². The lowest BCUT2D eigenvalue weighted by atomic mass is 10.0. The first-order valence-corrected chi connectivity index (χ1v) is 7.70. The molecule has 1 aliphatic heterocycles. The Morgan fingerprint density at radius 1 is 1.40 bits per heavy atom. The Balaban J connectivity index is 1.78. The Kier molecular flexibility index (Phi) is 5.58. The first kappa shape index (κ1) is 15.5. The molecule has 112 valence electrons. The second kappa shape index (κ2) is 7.21. The van der Waals surface area contributed by atoms with Gasteiger partial charge in [0.15, 0.2) is 0 Å². The van der Waals surface area contributed by atoms with Crippen molar-refractivity contribution < 1.29 is 5.11 Å². The van der Waals surface area contributed by atoms with Crippen molar-refractivity contribution in [3.05, 3.63) is 35.4 Å². The van der Waals surface area contributed by atoms with Crippen molar-refractivity contribution in [2.45, 2.75) is 38.3 Å². The minimum absolute atomic E-state index is 0.347. The van der Waals surface area contributed by atoms with Crippen LogP contribution in [0.5, 0.6) is 0 Å². The van der Waals surface area contributed by atoms with E-state index >= 15 is 0 Å². The molecule has 0 bridgehead atoms.